The molecule has 0 atom stereocenters. The van der Waals surface area contributed by atoms with Crippen LogP contribution in [0.3, 0.4) is 0 Å². The maximum absolute atomic E-state index is 12.4. The summed E-state index contributed by atoms with van der Waals surface area (Å²) in [5, 5.41) is 12.4. The molecule has 1 fully saturated rings. The van der Waals surface area contributed by atoms with Crippen molar-refractivity contribution in [3.8, 4) is 5.75 Å². The number of nitrogens with zero attached hydrogens (tertiary/aromatic N) is 1. The summed E-state index contributed by atoms with van der Waals surface area (Å²) in [4.78, 5) is 28.4. The molecule has 0 unspecified atom stereocenters. The zero-order chi connectivity index (χ0) is 23.4. The molecule has 1 aliphatic heterocycles. The second kappa shape index (κ2) is 10.7. The molecule has 0 saturated carbocycles. The molecule has 3 aromatic rings. The molecule has 1 saturated heterocycles. The van der Waals surface area contributed by atoms with E-state index in [1.807, 2.05) is 48.5 Å². The largest absolute Gasteiger partial charge is 0.487 e. The number of carboxylic acids is 1. The van der Waals surface area contributed by atoms with E-state index in [4.69, 9.17) is 9.84 Å². The predicted molar refractivity (Wildman–Crippen MR) is 147 cm³/mol. The third-order valence-corrected chi connectivity index (χ3v) is 7.05. The molecule has 9 heteroatoms. The number of carbonyl (C=O) groups is 2. The molecule has 1 amide bonds. The number of amides is 1. The normalized spacial score (nSPS) is 15.6. The zero-order valence-electron chi connectivity index (χ0n) is 16.9. The van der Waals surface area contributed by atoms with E-state index in [-0.39, 0.29) is 11.5 Å². The van der Waals surface area contributed by atoms with Crippen LogP contribution < -0.4 is 10.1 Å². The van der Waals surface area contributed by atoms with Gasteiger partial charge in [0, 0.05) is 0 Å². The Labute approximate surface area is 221 Å². The molecule has 166 valence electrons. The third kappa shape index (κ3) is 6.15. The molecule has 0 bridgehead atoms. The first kappa shape index (κ1) is 23.8. The molecule has 4 rings (SSSR count). The molecular formula is C24H16I2N2O4S. The monoisotopic (exact) mass is 682 g/mol. The van der Waals surface area contributed by atoms with Gasteiger partial charge in [0.25, 0.3) is 5.91 Å². The highest BCUT2D eigenvalue weighted by molar-refractivity contribution is 14.1. The van der Waals surface area contributed by atoms with E-state index in [1.54, 1.807) is 24.3 Å². The lowest BCUT2D eigenvalue weighted by Crippen LogP contribution is -2.19. The smallest absolute Gasteiger partial charge is 0.335 e. The molecule has 0 aromatic heterocycles. The van der Waals surface area contributed by atoms with E-state index in [0.29, 0.717) is 16.7 Å². The van der Waals surface area contributed by atoms with Crippen molar-refractivity contribution in [1.82, 2.24) is 5.32 Å². The summed E-state index contributed by atoms with van der Waals surface area (Å²) >= 11 is 5.73. The van der Waals surface area contributed by atoms with Crippen molar-refractivity contribution in [2.24, 2.45) is 4.99 Å². The summed E-state index contributed by atoms with van der Waals surface area (Å²) < 4.78 is 7.82. The molecule has 2 N–H and O–H groups in total. The van der Waals surface area contributed by atoms with Crippen molar-refractivity contribution in [3.05, 3.63) is 95.5 Å². The highest BCUT2D eigenvalue weighted by Crippen LogP contribution is 2.33. The average molecular weight is 682 g/mol. The van der Waals surface area contributed by atoms with Gasteiger partial charge in [-0.25, -0.2) is 9.79 Å². The minimum atomic E-state index is -0.955. The number of halogens is 2. The predicted octanol–water partition coefficient (Wildman–Crippen LogP) is 6.06. The molecule has 1 aliphatic rings. The highest BCUT2D eigenvalue weighted by atomic mass is 127. The number of carbonyl (C=O) groups excluding carboxylic acids is 1. The Balaban J connectivity index is 1.47. The van der Waals surface area contributed by atoms with E-state index in [9.17, 15) is 9.59 Å². The molecule has 1 heterocycles. The van der Waals surface area contributed by atoms with Gasteiger partial charge in [0.15, 0.2) is 5.17 Å². The number of hydrogen-bond acceptors (Lipinski definition) is 5. The lowest BCUT2D eigenvalue weighted by atomic mass is 10.1. The average Bonchev–Trinajstić information content (AvgIpc) is 3.12. The summed E-state index contributed by atoms with van der Waals surface area (Å²) in [5.41, 5.74) is 2.79. The van der Waals surface area contributed by atoms with Gasteiger partial charge in [-0.05, 0) is 111 Å². The van der Waals surface area contributed by atoms with Crippen LogP contribution in [0.2, 0.25) is 0 Å². The maximum Gasteiger partial charge on any atom is 0.335 e. The van der Waals surface area contributed by atoms with Gasteiger partial charge in [-0.1, -0.05) is 30.3 Å². The van der Waals surface area contributed by atoms with Crippen LogP contribution in [0.1, 0.15) is 21.5 Å². The molecule has 3 aromatic carbocycles. The number of amidine groups is 1. The first-order chi connectivity index (χ1) is 15.9. The maximum atomic E-state index is 12.4. The van der Waals surface area contributed by atoms with E-state index < -0.39 is 5.97 Å². The Bertz CT molecular complexity index is 1250. The van der Waals surface area contributed by atoms with Crippen molar-refractivity contribution in [3.63, 3.8) is 0 Å². The van der Waals surface area contributed by atoms with Crippen LogP contribution in [0.15, 0.2) is 76.6 Å². The Kier molecular flexibility index (Phi) is 7.71. The molecule has 0 radical (unpaired) electrons. The number of aromatic carboxylic acids is 1. The van der Waals surface area contributed by atoms with Crippen molar-refractivity contribution >= 4 is 85.8 Å². The van der Waals surface area contributed by atoms with Crippen LogP contribution in [-0.4, -0.2) is 22.2 Å². The fourth-order valence-electron chi connectivity index (χ4n) is 2.95. The number of hydrogen-bond donors (Lipinski definition) is 2. The highest BCUT2D eigenvalue weighted by Gasteiger charge is 2.24. The molecular weight excluding hydrogens is 666 g/mol. The minimum absolute atomic E-state index is 0.176. The number of thioether (sulfide) groups is 1. The SMILES string of the molecule is O=C1NC(=Nc2ccccc2)S/C1=C\c1cc(I)c(OCc2ccc(C(=O)O)cc2)c(I)c1. The van der Waals surface area contributed by atoms with Crippen LogP contribution in [0.25, 0.3) is 6.08 Å². The van der Waals surface area contributed by atoms with Crippen LogP contribution in [0.4, 0.5) is 5.69 Å². The number of nitrogens with one attached hydrogen (secondary N) is 1. The van der Waals surface area contributed by atoms with Crippen molar-refractivity contribution in [1.29, 1.82) is 0 Å². The minimum Gasteiger partial charge on any atom is -0.487 e. The summed E-state index contributed by atoms with van der Waals surface area (Å²) in [7, 11) is 0. The van der Waals surface area contributed by atoms with Gasteiger partial charge in [0.1, 0.15) is 12.4 Å². The lowest BCUT2D eigenvalue weighted by molar-refractivity contribution is -0.115. The fraction of sp³-hybridized carbons (Fsp3) is 0.0417. The molecule has 0 aliphatic carbocycles. The quantitative estimate of drug-likeness (QED) is 0.244. The molecule has 0 spiro atoms. The second-order valence-electron chi connectivity index (χ2n) is 6.92. The summed E-state index contributed by atoms with van der Waals surface area (Å²) in [6.07, 6.45) is 1.84. The number of rotatable bonds is 6. The number of benzene rings is 3. The first-order valence-electron chi connectivity index (χ1n) is 9.68. The van der Waals surface area contributed by atoms with Crippen molar-refractivity contribution in [2.75, 3.05) is 0 Å². The van der Waals surface area contributed by atoms with E-state index in [1.165, 1.54) is 11.8 Å². The van der Waals surface area contributed by atoms with Gasteiger partial charge >= 0.3 is 5.97 Å². The van der Waals surface area contributed by atoms with Gasteiger partial charge < -0.3 is 15.2 Å². The molecule has 33 heavy (non-hydrogen) atoms. The second-order valence-corrected chi connectivity index (χ2v) is 10.3. The summed E-state index contributed by atoms with van der Waals surface area (Å²) in [5.74, 6) is -0.385. The van der Waals surface area contributed by atoms with Crippen LogP contribution in [0, 0.1) is 7.14 Å². The topological polar surface area (TPSA) is 88.0 Å². The van der Waals surface area contributed by atoms with E-state index in [2.05, 4.69) is 55.5 Å². The standard InChI is InChI=1S/C24H16I2N2O4S/c25-18-10-15(12-20-22(29)28-24(33-20)27-17-4-2-1-3-5-17)11-19(26)21(18)32-13-14-6-8-16(9-7-14)23(30)31/h1-12H,13H2,(H,30,31)(H,27,28,29)/b20-12-. The van der Waals surface area contributed by atoms with Crippen molar-refractivity contribution in [2.45, 2.75) is 6.61 Å². The fourth-order valence-corrected chi connectivity index (χ4v) is 5.92. The Morgan fingerprint density at radius 3 is 2.36 bits per heavy atom. The summed E-state index contributed by atoms with van der Waals surface area (Å²) in [6.45, 7) is 0.323. The Morgan fingerprint density at radius 2 is 1.73 bits per heavy atom. The number of carboxylic acid groups (broad SMARTS) is 1. The van der Waals surface area contributed by atoms with Crippen LogP contribution in [-0.2, 0) is 11.4 Å². The number of para-hydroxylation sites is 1. The lowest BCUT2D eigenvalue weighted by Gasteiger charge is -2.12. The van der Waals surface area contributed by atoms with Crippen LogP contribution in [0.5, 0.6) is 5.75 Å². The van der Waals surface area contributed by atoms with Gasteiger partial charge in [-0.2, -0.15) is 0 Å². The zero-order valence-corrected chi connectivity index (χ0v) is 22.1. The Hall–Kier alpha value is -2.38. The Morgan fingerprint density at radius 1 is 1.06 bits per heavy atom. The van der Waals surface area contributed by atoms with Crippen LogP contribution >= 0.6 is 56.9 Å². The number of aliphatic imine (C=N–C) groups is 1. The van der Waals surface area contributed by atoms with Gasteiger partial charge in [0.2, 0.25) is 0 Å². The van der Waals surface area contributed by atoms with E-state index in [0.717, 1.165) is 29.7 Å². The number of ether oxygens (including phenoxy) is 1. The first-order valence-corrected chi connectivity index (χ1v) is 12.6. The van der Waals surface area contributed by atoms with Gasteiger partial charge in [0.05, 0.1) is 23.3 Å². The third-order valence-electron chi connectivity index (χ3n) is 4.54. The van der Waals surface area contributed by atoms with Gasteiger partial charge in [-0.3, -0.25) is 4.79 Å². The summed E-state index contributed by atoms with van der Waals surface area (Å²) in [6, 6.07) is 20.0. The van der Waals surface area contributed by atoms with Gasteiger partial charge in [-0.15, -0.1) is 0 Å². The molecule has 6 nitrogen and oxygen atoms in total. The van der Waals surface area contributed by atoms with E-state index >= 15 is 0 Å². The van der Waals surface area contributed by atoms with Crippen molar-refractivity contribution < 1.29 is 19.4 Å².